The van der Waals surface area contributed by atoms with E-state index in [0.717, 1.165) is 30.8 Å². The fourth-order valence-corrected chi connectivity index (χ4v) is 4.19. The zero-order valence-electron chi connectivity index (χ0n) is 16.6. The van der Waals surface area contributed by atoms with Crippen molar-refractivity contribution in [3.8, 4) is 0 Å². The predicted octanol–water partition coefficient (Wildman–Crippen LogP) is 2.28. The molecule has 144 valence electrons. The van der Waals surface area contributed by atoms with Crippen LogP contribution in [0.4, 0.5) is 5.69 Å². The maximum absolute atomic E-state index is 13.0. The second-order valence-corrected chi connectivity index (χ2v) is 7.90. The Morgan fingerprint density at radius 3 is 2.48 bits per heavy atom. The first-order chi connectivity index (χ1) is 13.0. The SMILES string of the molecule is CN(C)c1ccc(C(=O)N2CCc3c(CN4CCCC4)nn(C)c3C2)cc1. The number of rotatable bonds is 4. The number of carbonyl (C=O) groups excluding carboxylic acids is 1. The minimum atomic E-state index is 0.105. The van der Waals surface area contributed by atoms with Crippen molar-refractivity contribution >= 4 is 11.6 Å². The van der Waals surface area contributed by atoms with Crippen molar-refractivity contribution in [3.63, 3.8) is 0 Å². The number of amides is 1. The van der Waals surface area contributed by atoms with E-state index in [4.69, 9.17) is 5.10 Å². The molecule has 6 nitrogen and oxygen atoms in total. The molecule has 2 aliphatic rings. The fourth-order valence-electron chi connectivity index (χ4n) is 4.19. The van der Waals surface area contributed by atoms with E-state index >= 15 is 0 Å². The van der Waals surface area contributed by atoms with Gasteiger partial charge in [-0.2, -0.15) is 5.10 Å². The van der Waals surface area contributed by atoms with Crippen LogP contribution in [-0.2, 0) is 26.6 Å². The van der Waals surface area contributed by atoms with Crippen LogP contribution in [0.1, 0.15) is 40.2 Å². The number of aromatic nitrogens is 2. The Balaban J connectivity index is 1.49. The van der Waals surface area contributed by atoms with Crippen molar-refractivity contribution in [2.45, 2.75) is 32.4 Å². The van der Waals surface area contributed by atoms with Crippen LogP contribution < -0.4 is 4.90 Å². The molecule has 1 saturated heterocycles. The molecule has 0 radical (unpaired) electrons. The number of aryl methyl sites for hydroxylation is 1. The Morgan fingerprint density at radius 1 is 1.11 bits per heavy atom. The predicted molar refractivity (Wildman–Crippen MR) is 107 cm³/mol. The quantitative estimate of drug-likeness (QED) is 0.832. The molecule has 0 atom stereocenters. The van der Waals surface area contributed by atoms with E-state index in [0.29, 0.717) is 6.54 Å². The van der Waals surface area contributed by atoms with Crippen molar-refractivity contribution in [3.05, 3.63) is 46.8 Å². The topological polar surface area (TPSA) is 44.6 Å². The fraction of sp³-hybridized carbons (Fsp3) is 0.524. The zero-order chi connectivity index (χ0) is 19.0. The molecular formula is C21H29N5O. The van der Waals surface area contributed by atoms with Crippen LogP contribution in [0.3, 0.4) is 0 Å². The molecule has 0 N–H and O–H groups in total. The first kappa shape index (κ1) is 18.0. The lowest BCUT2D eigenvalue weighted by Crippen LogP contribution is -2.36. The van der Waals surface area contributed by atoms with Gasteiger partial charge < -0.3 is 9.80 Å². The molecule has 2 aliphatic heterocycles. The summed E-state index contributed by atoms with van der Waals surface area (Å²) < 4.78 is 1.98. The molecule has 0 unspecified atom stereocenters. The highest BCUT2D eigenvalue weighted by Crippen LogP contribution is 2.25. The second kappa shape index (κ2) is 7.35. The average Bonchev–Trinajstić information content (AvgIpc) is 3.29. The first-order valence-electron chi connectivity index (χ1n) is 9.85. The lowest BCUT2D eigenvalue weighted by molar-refractivity contribution is 0.0730. The van der Waals surface area contributed by atoms with Crippen LogP contribution in [0.15, 0.2) is 24.3 Å². The zero-order valence-corrected chi connectivity index (χ0v) is 16.6. The molecule has 4 rings (SSSR count). The Labute approximate surface area is 161 Å². The molecule has 27 heavy (non-hydrogen) atoms. The van der Waals surface area contributed by atoms with E-state index in [-0.39, 0.29) is 5.91 Å². The van der Waals surface area contributed by atoms with Crippen molar-refractivity contribution in [1.82, 2.24) is 19.6 Å². The molecule has 6 heteroatoms. The number of fused-ring (bicyclic) bond motifs is 1. The number of carbonyl (C=O) groups is 1. The van der Waals surface area contributed by atoms with Crippen molar-refractivity contribution < 1.29 is 4.79 Å². The summed E-state index contributed by atoms with van der Waals surface area (Å²) in [4.78, 5) is 19.4. The smallest absolute Gasteiger partial charge is 0.254 e. The maximum atomic E-state index is 13.0. The summed E-state index contributed by atoms with van der Waals surface area (Å²) in [5, 5.41) is 4.78. The summed E-state index contributed by atoms with van der Waals surface area (Å²) in [5.41, 5.74) is 5.61. The van der Waals surface area contributed by atoms with E-state index in [1.165, 1.54) is 42.9 Å². The van der Waals surface area contributed by atoms with E-state index < -0.39 is 0 Å². The molecule has 0 saturated carbocycles. The van der Waals surface area contributed by atoms with Crippen LogP contribution >= 0.6 is 0 Å². The number of anilines is 1. The number of benzene rings is 1. The van der Waals surface area contributed by atoms with Gasteiger partial charge in [0.25, 0.3) is 5.91 Å². The minimum absolute atomic E-state index is 0.105. The van der Waals surface area contributed by atoms with Crippen LogP contribution in [0.2, 0.25) is 0 Å². The normalized spacial score (nSPS) is 17.2. The summed E-state index contributed by atoms with van der Waals surface area (Å²) in [6, 6.07) is 7.85. The van der Waals surface area contributed by atoms with Gasteiger partial charge in [0, 0.05) is 51.0 Å². The number of likely N-dealkylation sites (tertiary alicyclic amines) is 1. The van der Waals surface area contributed by atoms with Gasteiger partial charge in [0.15, 0.2) is 0 Å². The van der Waals surface area contributed by atoms with Gasteiger partial charge in [-0.25, -0.2) is 0 Å². The second-order valence-electron chi connectivity index (χ2n) is 7.90. The van der Waals surface area contributed by atoms with E-state index in [1.807, 2.05) is 59.9 Å². The van der Waals surface area contributed by atoms with Gasteiger partial charge in [-0.1, -0.05) is 0 Å². The highest BCUT2D eigenvalue weighted by Gasteiger charge is 2.28. The van der Waals surface area contributed by atoms with Gasteiger partial charge in [0.2, 0.25) is 0 Å². The Hall–Kier alpha value is -2.34. The van der Waals surface area contributed by atoms with Gasteiger partial charge in [-0.05, 0) is 56.6 Å². The number of hydrogen-bond acceptors (Lipinski definition) is 4. The van der Waals surface area contributed by atoms with E-state index in [1.54, 1.807) is 0 Å². The minimum Gasteiger partial charge on any atom is -0.378 e. The summed E-state index contributed by atoms with van der Waals surface area (Å²) in [7, 11) is 6.02. The molecule has 0 aliphatic carbocycles. The highest BCUT2D eigenvalue weighted by molar-refractivity contribution is 5.94. The van der Waals surface area contributed by atoms with Crippen molar-refractivity contribution in [2.75, 3.05) is 38.6 Å². The van der Waals surface area contributed by atoms with E-state index in [9.17, 15) is 4.79 Å². The molecule has 0 bridgehead atoms. The summed E-state index contributed by atoms with van der Waals surface area (Å²) in [6.45, 7) is 4.72. The molecule has 1 aromatic heterocycles. The molecular weight excluding hydrogens is 338 g/mol. The molecule has 1 fully saturated rings. The van der Waals surface area contributed by atoms with Crippen LogP contribution in [0.25, 0.3) is 0 Å². The third kappa shape index (κ3) is 3.58. The monoisotopic (exact) mass is 367 g/mol. The molecule has 1 aromatic carbocycles. The number of nitrogens with zero attached hydrogens (tertiary/aromatic N) is 5. The van der Waals surface area contributed by atoms with Crippen LogP contribution in [0, 0.1) is 0 Å². The van der Waals surface area contributed by atoms with Crippen LogP contribution in [0.5, 0.6) is 0 Å². The number of hydrogen-bond donors (Lipinski definition) is 0. The standard InChI is InChI=1S/C21H29N5O/c1-23(2)17-8-6-16(7-9-17)21(27)26-13-10-18-19(14-25-11-4-5-12-25)22-24(3)20(18)15-26/h6-9H,4-5,10-15H2,1-3H3. The van der Waals surface area contributed by atoms with Gasteiger partial charge >= 0.3 is 0 Å². The van der Waals surface area contributed by atoms with Gasteiger partial charge in [0.1, 0.15) is 0 Å². The maximum Gasteiger partial charge on any atom is 0.254 e. The van der Waals surface area contributed by atoms with Gasteiger partial charge in [-0.3, -0.25) is 14.4 Å². The molecule has 1 amide bonds. The van der Waals surface area contributed by atoms with Gasteiger partial charge in [-0.15, -0.1) is 0 Å². The third-order valence-corrected chi connectivity index (χ3v) is 5.82. The van der Waals surface area contributed by atoms with E-state index in [2.05, 4.69) is 4.90 Å². The largest absolute Gasteiger partial charge is 0.378 e. The summed E-state index contributed by atoms with van der Waals surface area (Å²) in [5.74, 6) is 0.105. The summed E-state index contributed by atoms with van der Waals surface area (Å²) >= 11 is 0. The van der Waals surface area contributed by atoms with Crippen LogP contribution in [-0.4, -0.2) is 59.2 Å². The lowest BCUT2D eigenvalue weighted by atomic mass is 10.0. The van der Waals surface area contributed by atoms with Crippen molar-refractivity contribution in [1.29, 1.82) is 0 Å². The highest BCUT2D eigenvalue weighted by atomic mass is 16.2. The Bertz CT molecular complexity index is 818. The third-order valence-electron chi connectivity index (χ3n) is 5.82. The Kier molecular flexibility index (Phi) is 4.91. The Morgan fingerprint density at radius 2 is 1.81 bits per heavy atom. The lowest BCUT2D eigenvalue weighted by Gasteiger charge is -2.28. The summed E-state index contributed by atoms with van der Waals surface area (Å²) in [6.07, 6.45) is 3.49. The first-order valence-corrected chi connectivity index (χ1v) is 9.85. The average molecular weight is 367 g/mol. The van der Waals surface area contributed by atoms with Gasteiger partial charge in [0.05, 0.1) is 17.9 Å². The van der Waals surface area contributed by atoms with Crippen molar-refractivity contribution in [2.24, 2.45) is 7.05 Å². The molecule has 0 spiro atoms. The molecule has 3 heterocycles. The molecule has 2 aromatic rings.